The molecule has 2 aliphatic rings. The number of benzene rings is 1. The summed E-state index contributed by atoms with van der Waals surface area (Å²) in [6.07, 6.45) is -2.83. The average Bonchev–Trinajstić information content (AvgIpc) is 3.30. The number of hydrogen-bond donors (Lipinski definition) is 1. The molecule has 1 saturated heterocycles. The maximum absolute atomic E-state index is 13.4. The lowest BCUT2D eigenvalue weighted by Gasteiger charge is -2.38. The Bertz CT molecular complexity index is 1080. The number of carbonyl (C=O) groups is 2. The molecule has 1 N–H and O–H groups in total. The van der Waals surface area contributed by atoms with E-state index in [2.05, 4.69) is 10.3 Å². The zero-order valence-corrected chi connectivity index (χ0v) is 18.9. The van der Waals surface area contributed by atoms with Gasteiger partial charge < -0.3 is 14.7 Å². The van der Waals surface area contributed by atoms with Crippen LogP contribution in [0.1, 0.15) is 48.3 Å². The minimum absolute atomic E-state index is 0.0119. The maximum Gasteiger partial charge on any atom is 0.407 e. The molecule has 2 aromatic rings. The lowest BCUT2D eigenvalue weighted by molar-refractivity contribution is -0.131. The zero-order chi connectivity index (χ0) is 23.9. The number of ether oxygens (including phenoxy) is 1. The normalized spacial score (nSPS) is 20.5. The topological polar surface area (TPSA) is 101 Å². The fourth-order valence-corrected chi connectivity index (χ4v) is 4.79. The molecule has 1 aromatic carbocycles. The van der Waals surface area contributed by atoms with Gasteiger partial charge in [-0.1, -0.05) is 23.7 Å². The second-order valence-electron chi connectivity index (χ2n) is 8.29. The van der Waals surface area contributed by atoms with Crippen molar-refractivity contribution in [1.29, 1.82) is 0 Å². The monoisotopic (exact) mass is 483 g/mol. The molecular formula is C21H24ClF2N5O4. The summed E-state index contributed by atoms with van der Waals surface area (Å²) < 4.78 is 33.7. The lowest BCUT2D eigenvalue weighted by atomic mass is 9.91. The maximum atomic E-state index is 13.4. The smallest absolute Gasteiger partial charge is 0.407 e. The summed E-state index contributed by atoms with van der Waals surface area (Å²) in [4.78, 5) is 27.5. The molecule has 0 unspecified atom stereocenters. The number of carbonyl (C=O) groups excluding carboxylic acids is 1. The Balaban J connectivity index is 1.69. The van der Waals surface area contributed by atoms with Crippen LogP contribution >= 0.6 is 11.6 Å². The number of alkyl halides is 2. The van der Waals surface area contributed by atoms with Gasteiger partial charge in [-0.15, -0.1) is 5.10 Å². The van der Waals surface area contributed by atoms with Crippen LogP contribution in [0.3, 0.4) is 0 Å². The summed E-state index contributed by atoms with van der Waals surface area (Å²) in [5.74, 6) is 0.167. The van der Waals surface area contributed by atoms with Crippen LogP contribution < -0.4 is 4.74 Å². The largest absolute Gasteiger partial charge is 0.487 e. The molecule has 0 radical (unpaired) electrons. The Kier molecular flexibility index (Phi) is 6.42. The first-order valence-corrected chi connectivity index (χ1v) is 11.0. The first kappa shape index (κ1) is 23.2. The van der Waals surface area contributed by atoms with E-state index in [0.29, 0.717) is 35.7 Å². The van der Waals surface area contributed by atoms with Crippen molar-refractivity contribution in [2.24, 2.45) is 13.0 Å². The lowest BCUT2D eigenvalue weighted by Crippen LogP contribution is -2.45. The van der Waals surface area contributed by atoms with E-state index in [4.69, 9.17) is 16.3 Å². The number of amides is 2. The van der Waals surface area contributed by atoms with Gasteiger partial charge in [-0.05, 0) is 30.5 Å². The number of likely N-dealkylation sites (tertiary alicyclic amines) is 1. The summed E-state index contributed by atoms with van der Waals surface area (Å²) in [7, 11) is 1.37. The van der Waals surface area contributed by atoms with Gasteiger partial charge in [-0.2, -0.15) is 0 Å². The number of rotatable bonds is 6. The van der Waals surface area contributed by atoms with E-state index in [1.807, 2.05) is 6.92 Å². The zero-order valence-electron chi connectivity index (χ0n) is 18.2. The number of fused-ring (bicyclic) bond motifs is 1. The standard InChI is InChI=1S/C21H24ClF2N5O4/c1-11-5-7-28(20(11)30)9-15-17-12(6-8-29(15)21(31)32)13(22)3-4-16(17)33-10-14-18(19(23)24)27(2)26-25-14/h3-4,11,15,19H,5-10H2,1-2H3,(H,31,32)/t11-,15-/m1/s1. The molecule has 12 heteroatoms. The van der Waals surface area contributed by atoms with Crippen molar-refractivity contribution in [2.75, 3.05) is 19.6 Å². The fourth-order valence-electron chi connectivity index (χ4n) is 4.53. The van der Waals surface area contributed by atoms with Crippen LogP contribution in [-0.2, 0) is 24.9 Å². The van der Waals surface area contributed by atoms with Crippen LogP contribution in [0.25, 0.3) is 0 Å². The van der Waals surface area contributed by atoms with E-state index >= 15 is 0 Å². The predicted octanol–water partition coefficient (Wildman–Crippen LogP) is 3.43. The van der Waals surface area contributed by atoms with Crippen molar-refractivity contribution >= 4 is 23.6 Å². The van der Waals surface area contributed by atoms with E-state index in [9.17, 15) is 23.5 Å². The van der Waals surface area contributed by atoms with Crippen molar-refractivity contribution in [1.82, 2.24) is 24.8 Å². The van der Waals surface area contributed by atoms with Crippen LogP contribution in [-0.4, -0.2) is 61.5 Å². The van der Waals surface area contributed by atoms with E-state index in [1.54, 1.807) is 17.0 Å². The minimum Gasteiger partial charge on any atom is -0.487 e. The molecule has 3 heterocycles. The van der Waals surface area contributed by atoms with Gasteiger partial charge in [0.15, 0.2) is 0 Å². The van der Waals surface area contributed by atoms with Gasteiger partial charge in [0.25, 0.3) is 6.43 Å². The molecule has 178 valence electrons. The highest BCUT2D eigenvalue weighted by Crippen LogP contribution is 2.41. The third-order valence-electron chi connectivity index (χ3n) is 6.29. The number of carboxylic acid groups (broad SMARTS) is 1. The van der Waals surface area contributed by atoms with Gasteiger partial charge in [0.05, 0.1) is 6.04 Å². The van der Waals surface area contributed by atoms with Crippen molar-refractivity contribution in [3.05, 3.63) is 39.7 Å². The van der Waals surface area contributed by atoms with Crippen molar-refractivity contribution in [3.8, 4) is 5.75 Å². The second kappa shape index (κ2) is 9.12. The number of halogens is 3. The average molecular weight is 484 g/mol. The fraction of sp³-hybridized carbons (Fsp3) is 0.524. The first-order chi connectivity index (χ1) is 15.7. The molecule has 0 aliphatic carbocycles. The SMILES string of the molecule is C[C@@H]1CCN(C[C@@H]2c3c(OCc4nnn(C)c4C(F)F)ccc(Cl)c3CCN2C(=O)O)C1=O. The Hall–Kier alpha value is -2.95. The van der Waals surface area contributed by atoms with E-state index in [1.165, 1.54) is 11.9 Å². The molecule has 0 bridgehead atoms. The second-order valence-corrected chi connectivity index (χ2v) is 8.70. The Morgan fingerprint density at radius 2 is 2.12 bits per heavy atom. The number of nitrogens with zero attached hydrogens (tertiary/aromatic N) is 5. The molecule has 2 amide bonds. The third-order valence-corrected chi connectivity index (χ3v) is 6.65. The van der Waals surface area contributed by atoms with Crippen molar-refractivity contribution in [3.63, 3.8) is 0 Å². The summed E-state index contributed by atoms with van der Waals surface area (Å²) in [6, 6.07) is 2.52. The van der Waals surface area contributed by atoms with E-state index < -0.39 is 18.6 Å². The minimum atomic E-state index is -2.78. The summed E-state index contributed by atoms with van der Waals surface area (Å²) in [5.41, 5.74) is 0.913. The molecular weight excluding hydrogens is 460 g/mol. The van der Waals surface area contributed by atoms with E-state index in [0.717, 1.165) is 10.2 Å². The van der Waals surface area contributed by atoms with Gasteiger partial charge in [-0.25, -0.2) is 18.3 Å². The first-order valence-electron chi connectivity index (χ1n) is 10.6. The molecule has 0 saturated carbocycles. The predicted molar refractivity (Wildman–Crippen MR) is 113 cm³/mol. The number of aryl methyl sites for hydroxylation is 1. The molecule has 1 fully saturated rings. The summed E-state index contributed by atoms with van der Waals surface area (Å²) >= 11 is 6.44. The Labute approximate surface area is 193 Å². The van der Waals surface area contributed by atoms with Crippen molar-refractivity contribution < 1.29 is 28.2 Å². The molecule has 9 nitrogen and oxygen atoms in total. The van der Waals surface area contributed by atoms with Gasteiger partial charge >= 0.3 is 6.09 Å². The third kappa shape index (κ3) is 4.33. The molecule has 33 heavy (non-hydrogen) atoms. The van der Waals surface area contributed by atoms with Gasteiger partial charge in [-0.3, -0.25) is 9.69 Å². The molecule has 0 spiro atoms. The number of hydrogen-bond acceptors (Lipinski definition) is 5. The highest BCUT2D eigenvalue weighted by atomic mass is 35.5. The van der Waals surface area contributed by atoms with Gasteiger partial charge in [0.2, 0.25) is 5.91 Å². The van der Waals surface area contributed by atoms with Crippen LogP contribution in [0.2, 0.25) is 5.02 Å². The van der Waals surface area contributed by atoms with Gasteiger partial charge in [0.1, 0.15) is 23.7 Å². The molecule has 1 aromatic heterocycles. The summed E-state index contributed by atoms with van der Waals surface area (Å²) in [5, 5.41) is 17.7. The summed E-state index contributed by atoms with van der Waals surface area (Å²) in [6.45, 7) is 2.48. The molecule has 2 atom stereocenters. The van der Waals surface area contributed by atoms with Gasteiger partial charge in [0, 0.05) is 43.2 Å². The Morgan fingerprint density at radius 3 is 2.76 bits per heavy atom. The quantitative estimate of drug-likeness (QED) is 0.675. The molecule has 4 rings (SSSR count). The Morgan fingerprint density at radius 1 is 1.36 bits per heavy atom. The molecule has 2 aliphatic heterocycles. The van der Waals surface area contributed by atoms with E-state index in [-0.39, 0.29) is 42.9 Å². The van der Waals surface area contributed by atoms with Crippen LogP contribution in [0.15, 0.2) is 12.1 Å². The van der Waals surface area contributed by atoms with Crippen LogP contribution in [0.4, 0.5) is 13.6 Å². The van der Waals surface area contributed by atoms with Crippen molar-refractivity contribution in [2.45, 2.75) is 38.8 Å². The highest BCUT2D eigenvalue weighted by Gasteiger charge is 2.39. The van der Waals surface area contributed by atoms with Crippen LogP contribution in [0.5, 0.6) is 5.75 Å². The highest BCUT2D eigenvalue weighted by molar-refractivity contribution is 6.31. The number of aromatic nitrogens is 3. The van der Waals surface area contributed by atoms with Crippen LogP contribution in [0, 0.1) is 5.92 Å².